The lowest BCUT2D eigenvalue weighted by molar-refractivity contribution is -0.142. The van der Waals surface area contributed by atoms with Crippen molar-refractivity contribution < 1.29 is 29.1 Å². The molecule has 4 amide bonds. The Morgan fingerprint density at radius 2 is 1.62 bits per heavy atom. The van der Waals surface area contributed by atoms with E-state index < -0.39 is 53.8 Å². The predicted octanol–water partition coefficient (Wildman–Crippen LogP) is -1.26. The monoisotopic (exact) mass is 572 g/mol. The highest BCUT2D eigenvalue weighted by Crippen LogP contribution is 2.18. The first-order valence-corrected chi connectivity index (χ1v) is 13.0. The first-order valence-electron chi connectivity index (χ1n) is 12.4. The first-order chi connectivity index (χ1) is 19.1. The number of carboxylic acid groups (broad SMARTS) is 1. The van der Waals surface area contributed by atoms with Crippen molar-refractivity contribution in [2.45, 2.75) is 49.9 Å². The maximum Gasteiger partial charge on any atom is 0.326 e. The molecule has 3 rings (SSSR count). The van der Waals surface area contributed by atoms with Crippen LogP contribution in [0.15, 0.2) is 43.0 Å². The lowest BCUT2D eigenvalue weighted by Gasteiger charge is -2.24. The number of imidazole rings is 1. The number of benzene rings is 1. The molecule has 2 heterocycles. The summed E-state index contributed by atoms with van der Waals surface area (Å²) in [6, 6.07) is 2.69. The zero-order valence-electron chi connectivity index (χ0n) is 21.4. The van der Waals surface area contributed by atoms with Gasteiger partial charge in [0.05, 0.1) is 12.4 Å². The van der Waals surface area contributed by atoms with E-state index in [1.54, 1.807) is 6.20 Å². The number of nitrogens with zero attached hydrogens (tertiary/aromatic N) is 1. The van der Waals surface area contributed by atoms with Gasteiger partial charge in [-0.3, -0.25) is 19.2 Å². The van der Waals surface area contributed by atoms with E-state index in [2.05, 4.69) is 43.5 Å². The Morgan fingerprint density at radius 3 is 2.27 bits per heavy atom. The average molecular weight is 573 g/mol. The minimum atomic E-state index is -1.31. The van der Waals surface area contributed by atoms with Gasteiger partial charge in [-0.2, -0.15) is 12.6 Å². The number of thiol groups is 1. The molecule has 0 radical (unpaired) electrons. The lowest BCUT2D eigenvalue weighted by Crippen LogP contribution is -2.58. The van der Waals surface area contributed by atoms with Crippen LogP contribution in [0.4, 0.5) is 0 Å². The number of aromatic amines is 2. The molecular formula is C25H32N8O6S. The molecule has 0 bridgehead atoms. The molecule has 15 heteroatoms. The van der Waals surface area contributed by atoms with Crippen LogP contribution in [-0.4, -0.2) is 79.6 Å². The highest BCUT2D eigenvalue weighted by atomic mass is 32.1. The molecule has 4 atom stereocenters. The van der Waals surface area contributed by atoms with Crippen LogP contribution in [-0.2, 0) is 36.8 Å². The number of fused-ring (bicyclic) bond motifs is 1. The second kappa shape index (κ2) is 14.1. The van der Waals surface area contributed by atoms with Gasteiger partial charge in [0, 0.05) is 47.6 Å². The third-order valence-corrected chi connectivity index (χ3v) is 6.54. The second-order valence-corrected chi connectivity index (χ2v) is 9.53. The summed E-state index contributed by atoms with van der Waals surface area (Å²) in [5, 5.41) is 17.8. The van der Waals surface area contributed by atoms with E-state index in [0.717, 1.165) is 16.5 Å². The van der Waals surface area contributed by atoms with Gasteiger partial charge in [-0.15, -0.1) is 0 Å². The summed E-state index contributed by atoms with van der Waals surface area (Å²) >= 11 is 4.10. The molecule has 4 unspecified atom stereocenters. The summed E-state index contributed by atoms with van der Waals surface area (Å²) in [4.78, 5) is 71.5. The van der Waals surface area contributed by atoms with Gasteiger partial charge in [-0.25, -0.2) is 9.78 Å². The number of nitrogens with two attached hydrogens (primary N) is 2. The molecule has 0 spiro atoms. The molecule has 0 aliphatic heterocycles. The summed E-state index contributed by atoms with van der Waals surface area (Å²) in [5.74, 6) is -4.39. The van der Waals surface area contributed by atoms with Crippen molar-refractivity contribution in [3.8, 4) is 0 Å². The van der Waals surface area contributed by atoms with Gasteiger partial charge in [0.2, 0.25) is 23.6 Å². The van der Waals surface area contributed by atoms with Crippen LogP contribution < -0.4 is 27.4 Å². The maximum atomic E-state index is 13.1. The smallest absolute Gasteiger partial charge is 0.326 e. The number of carboxylic acids is 1. The highest BCUT2D eigenvalue weighted by molar-refractivity contribution is 7.80. The van der Waals surface area contributed by atoms with Gasteiger partial charge in [-0.1, -0.05) is 18.2 Å². The largest absolute Gasteiger partial charge is 0.480 e. The molecule has 10 N–H and O–H groups in total. The normalized spacial score (nSPS) is 14.1. The van der Waals surface area contributed by atoms with Crippen molar-refractivity contribution in [2.75, 3.05) is 5.75 Å². The topological polar surface area (TPSA) is 238 Å². The molecule has 0 saturated heterocycles. The Kier molecular flexibility index (Phi) is 10.7. The first kappa shape index (κ1) is 30.2. The molecule has 214 valence electrons. The zero-order valence-corrected chi connectivity index (χ0v) is 22.3. The number of hydrogen-bond acceptors (Lipinski definition) is 8. The molecule has 0 fully saturated rings. The third kappa shape index (κ3) is 8.31. The highest BCUT2D eigenvalue weighted by Gasteiger charge is 2.30. The fourth-order valence-electron chi connectivity index (χ4n) is 4.02. The minimum Gasteiger partial charge on any atom is -0.480 e. The van der Waals surface area contributed by atoms with Crippen LogP contribution in [0, 0.1) is 0 Å². The van der Waals surface area contributed by atoms with Crippen LogP contribution in [0.5, 0.6) is 0 Å². The number of rotatable bonds is 15. The average Bonchev–Trinajstić information content (AvgIpc) is 3.58. The number of para-hydroxylation sites is 1. The number of amides is 4. The van der Waals surface area contributed by atoms with Crippen LogP contribution >= 0.6 is 12.6 Å². The number of aliphatic carboxylic acids is 1. The van der Waals surface area contributed by atoms with Gasteiger partial charge in [0.15, 0.2) is 0 Å². The Labute approximate surface area is 234 Å². The van der Waals surface area contributed by atoms with E-state index in [-0.39, 0.29) is 31.4 Å². The SMILES string of the molecule is NC(=O)CCC(NC(=O)C(N)Cc1c[nH]c2ccccc12)C(=O)NC(CS)C(=O)NC(Cc1cnc[nH]1)C(=O)O. The molecule has 2 aromatic heterocycles. The molecule has 0 saturated carbocycles. The van der Waals surface area contributed by atoms with Crippen LogP contribution in [0.1, 0.15) is 24.1 Å². The lowest BCUT2D eigenvalue weighted by atomic mass is 10.0. The Bertz CT molecular complexity index is 1340. The quantitative estimate of drug-likeness (QED) is 0.0993. The number of hydrogen-bond donors (Lipinski definition) is 9. The third-order valence-electron chi connectivity index (χ3n) is 6.17. The standard InChI is InChI=1S/C25H32N8O6S/c26-16(7-13-9-29-17-4-2-1-3-15(13)17)22(35)31-18(5-6-21(27)34)23(36)33-20(11-40)24(37)32-19(25(38)39)8-14-10-28-12-30-14/h1-4,9-10,12,16,18-20,29,40H,5-8,11,26H2,(H2,27,34)(H,28,30)(H,31,35)(H,32,37)(H,33,36)(H,38,39). The zero-order chi connectivity index (χ0) is 29.2. The maximum absolute atomic E-state index is 13.1. The van der Waals surface area contributed by atoms with E-state index in [1.807, 2.05) is 24.3 Å². The van der Waals surface area contributed by atoms with Crippen LogP contribution in [0.2, 0.25) is 0 Å². The molecule has 40 heavy (non-hydrogen) atoms. The number of carbonyl (C=O) groups is 5. The van der Waals surface area contributed by atoms with Crippen LogP contribution in [0.3, 0.4) is 0 Å². The summed E-state index contributed by atoms with van der Waals surface area (Å²) < 4.78 is 0. The van der Waals surface area contributed by atoms with Gasteiger partial charge in [-0.05, 0) is 24.5 Å². The summed E-state index contributed by atoms with van der Waals surface area (Å²) in [6.07, 6.45) is 4.29. The van der Waals surface area contributed by atoms with E-state index in [0.29, 0.717) is 5.69 Å². The van der Waals surface area contributed by atoms with E-state index in [9.17, 15) is 29.1 Å². The van der Waals surface area contributed by atoms with Crippen molar-refractivity contribution in [3.05, 3.63) is 54.2 Å². The molecule has 14 nitrogen and oxygen atoms in total. The van der Waals surface area contributed by atoms with Crippen molar-refractivity contribution in [2.24, 2.45) is 11.5 Å². The van der Waals surface area contributed by atoms with Gasteiger partial charge < -0.3 is 42.5 Å². The molecular weight excluding hydrogens is 540 g/mol. The number of H-pyrrole nitrogens is 2. The van der Waals surface area contributed by atoms with Crippen LogP contribution in [0.25, 0.3) is 10.9 Å². The van der Waals surface area contributed by atoms with Gasteiger partial charge in [0.25, 0.3) is 0 Å². The summed E-state index contributed by atoms with van der Waals surface area (Å²) in [5.41, 5.74) is 13.5. The molecule has 3 aromatic rings. The van der Waals surface area contributed by atoms with Crippen molar-refractivity contribution in [3.63, 3.8) is 0 Å². The summed E-state index contributed by atoms with van der Waals surface area (Å²) in [7, 11) is 0. The number of nitrogens with one attached hydrogen (secondary N) is 5. The van der Waals surface area contributed by atoms with E-state index >= 15 is 0 Å². The van der Waals surface area contributed by atoms with Gasteiger partial charge in [0.1, 0.15) is 18.1 Å². The van der Waals surface area contributed by atoms with E-state index in [1.165, 1.54) is 12.5 Å². The number of primary amides is 1. The Hall–Kier alpha value is -4.37. The second-order valence-electron chi connectivity index (χ2n) is 9.16. The predicted molar refractivity (Wildman–Crippen MR) is 148 cm³/mol. The summed E-state index contributed by atoms with van der Waals surface area (Å²) in [6.45, 7) is 0. The van der Waals surface area contributed by atoms with E-state index in [4.69, 9.17) is 11.5 Å². The number of aromatic nitrogens is 3. The fourth-order valence-corrected chi connectivity index (χ4v) is 4.28. The Balaban J connectivity index is 1.65. The van der Waals surface area contributed by atoms with Crippen molar-refractivity contribution >= 4 is 53.1 Å². The molecule has 0 aliphatic carbocycles. The molecule has 1 aromatic carbocycles. The Morgan fingerprint density at radius 1 is 0.950 bits per heavy atom. The van der Waals surface area contributed by atoms with Crippen molar-refractivity contribution in [1.82, 2.24) is 30.9 Å². The number of carbonyl (C=O) groups excluding carboxylic acids is 4. The van der Waals surface area contributed by atoms with Crippen molar-refractivity contribution in [1.29, 1.82) is 0 Å². The van der Waals surface area contributed by atoms with Gasteiger partial charge >= 0.3 is 5.97 Å². The fraction of sp³-hybridized carbons (Fsp3) is 0.360. The molecule has 0 aliphatic rings. The minimum absolute atomic E-state index is 0.0695.